The molecule has 0 aliphatic heterocycles. The van der Waals surface area contributed by atoms with Gasteiger partial charge in [-0.2, -0.15) is 0 Å². The molecule has 0 aromatic heterocycles. The van der Waals surface area contributed by atoms with Crippen molar-refractivity contribution in [3.05, 3.63) is 76.9 Å². The third kappa shape index (κ3) is 9.71. The van der Waals surface area contributed by atoms with E-state index in [0.29, 0.717) is 6.42 Å². The maximum atomic E-state index is 9.20. The summed E-state index contributed by atoms with van der Waals surface area (Å²) in [5.41, 5.74) is 17.4. The molecule has 34 heavy (non-hydrogen) atoms. The fourth-order valence-corrected chi connectivity index (χ4v) is 4.33. The highest BCUT2D eigenvalue weighted by atomic mass is 16.3. The van der Waals surface area contributed by atoms with E-state index in [1.54, 1.807) is 0 Å². The van der Waals surface area contributed by atoms with Crippen LogP contribution in [0.15, 0.2) is 54.6 Å². The molecular weight excluding hydrogens is 420 g/mol. The van der Waals surface area contributed by atoms with E-state index in [4.69, 9.17) is 11.5 Å². The number of allylic oxidation sites excluding steroid dienone is 1. The first-order chi connectivity index (χ1) is 16.5. The summed E-state index contributed by atoms with van der Waals surface area (Å²) in [6.07, 6.45) is 14.9. The molecule has 0 saturated carbocycles. The summed E-state index contributed by atoms with van der Waals surface area (Å²) in [4.78, 5) is 0. The standard InChI is InChI=1S/C19H33NO2.C11H13N/c1-2-3-4-5-6-7-8-17-9-11-18(12-10-17)13-14-19(20,15-21)16-22;12-8-7-10-6-5-9-3-1-2-4-11(9)10/h9-12,21-22H,2-8,13-16,20H2,1H3;1-4,6H,5,7-8,12H2. The van der Waals surface area contributed by atoms with Gasteiger partial charge in [0.25, 0.3) is 0 Å². The third-order valence-electron chi connectivity index (χ3n) is 6.73. The van der Waals surface area contributed by atoms with E-state index < -0.39 is 5.54 Å². The highest BCUT2D eigenvalue weighted by Gasteiger charge is 2.22. The Hall–Kier alpha value is -1.98. The van der Waals surface area contributed by atoms with Crippen LogP contribution in [0.25, 0.3) is 5.57 Å². The quantitative estimate of drug-likeness (QED) is 0.289. The maximum absolute atomic E-state index is 9.20. The van der Waals surface area contributed by atoms with E-state index in [1.165, 1.54) is 66.4 Å². The summed E-state index contributed by atoms with van der Waals surface area (Å²) in [5, 5.41) is 18.4. The first-order valence-electron chi connectivity index (χ1n) is 13.1. The number of rotatable bonds is 14. The van der Waals surface area contributed by atoms with Crippen molar-refractivity contribution in [2.75, 3.05) is 19.8 Å². The molecule has 6 N–H and O–H groups in total. The second-order valence-electron chi connectivity index (χ2n) is 9.64. The largest absolute Gasteiger partial charge is 0.394 e. The molecule has 0 unspecified atom stereocenters. The number of nitrogens with two attached hydrogens (primary N) is 2. The zero-order valence-corrected chi connectivity index (χ0v) is 21.1. The summed E-state index contributed by atoms with van der Waals surface area (Å²) in [6, 6.07) is 17.2. The lowest BCUT2D eigenvalue weighted by molar-refractivity contribution is 0.115. The number of aryl methyl sites for hydroxylation is 2. The summed E-state index contributed by atoms with van der Waals surface area (Å²) >= 11 is 0. The Bertz CT molecular complexity index is 841. The van der Waals surface area contributed by atoms with E-state index in [-0.39, 0.29) is 13.2 Å². The van der Waals surface area contributed by atoms with Crippen molar-refractivity contribution in [1.82, 2.24) is 0 Å². The van der Waals surface area contributed by atoms with Gasteiger partial charge in [-0.25, -0.2) is 0 Å². The molecule has 4 nitrogen and oxygen atoms in total. The minimum atomic E-state index is -0.864. The van der Waals surface area contributed by atoms with Crippen molar-refractivity contribution in [2.24, 2.45) is 11.5 Å². The number of aliphatic hydroxyl groups excluding tert-OH is 2. The lowest BCUT2D eigenvalue weighted by atomic mass is 9.93. The molecule has 3 rings (SSSR count). The summed E-state index contributed by atoms with van der Waals surface area (Å²) in [5.74, 6) is 0. The minimum Gasteiger partial charge on any atom is -0.394 e. The Labute approximate surface area is 207 Å². The van der Waals surface area contributed by atoms with Crippen molar-refractivity contribution >= 4 is 5.57 Å². The van der Waals surface area contributed by atoms with Gasteiger partial charge in [-0.05, 0) is 72.9 Å². The van der Waals surface area contributed by atoms with Gasteiger partial charge in [0.1, 0.15) is 0 Å². The lowest BCUT2D eigenvalue weighted by Gasteiger charge is -2.24. The summed E-state index contributed by atoms with van der Waals surface area (Å²) in [7, 11) is 0. The highest BCUT2D eigenvalue weighted by molar-refractivity contribution is 5.72. The van der Waals surface area contributed by atoms with Crippen LogP contribution in [0.3, 0.4) is 0 Å². The molecule has 0 amide bonds. The Morgan fingerprint density at radius 1 is 0.794 bits per heavy atom. The molecule has 0 atom stereocenters. The van der Waals surface area contributed by atoms with Gasteiger partial charge in [-0.3, -0.25) is 0 Å². The number of aliphatic hydroxyl groups is 2. The number of hydrogen-bond acceptors (Lipinski definition) is 4. The molecule has 2 aromatic carbocycles. The van der Waals surface area contributed by atoms with Crippen molar-refractivity contribution < 1.29 is 10.2 Å². The number of hydrogen-bond donors (Lipinski definition) is 4. The van der Waals surface area contributed by atoms with Crippen LogP contribution in [0, 0.1) is 0 Å². The highest BCUT2D eigenvalue weighted by Crippen LogP contribution is 2.28. The fraction of sp³-hybridized carbons (Fsp3) is 0.533. The molecule has 0 saturated heterocycles. The zero-order valence-electron chi connectivity index (χ0n) is 21.1. The average molecular weight is 467 g/mol. The van der Waals surface area contributed by atoms with E-state index in [2.05, 4.69) is 61.5 Å². The molecule has 1 aliphatic carbocycles. The average Bonchev–Trinajstić information content (AvgIpc) is 3.29. The molecule has 1 aliphatic rings. The van der Waals surface area contributed by atoms with Crippen molar-refractivity contribution in [3.63, 3.8) is 0 Å². The number of unbranched alkanes of at least 4 members (excludes halogenated alkanes) is 5. The molecule has 0 bridgehead atoms. The monoisotopic (exact) mass is 466 g/mol. The predicted molar refractivity (Wildman–Crippen MR) is 145 cm³/mol. The van der Waals surface area contributed by atoms with E-state index in [1.807, 2.05) is 0 Å². The lowest BCUT2D eigenvalue weighted by Crippen LogP contribution is -2.47. The normalized spacial score (nSPS) is 12.7. The Morgan fingerprint density at radius 3 is 2.06 bits per heavy atom. The van der Waals surface area contributed by atoms with E-state index in [0.717, 1.165) is 32.2 Å². The van der Waals surface area contributed by atoms with Crippen LogP contribution >= 0.6 is 0 Å². The number of fused-ring (bicyclic) bond motifs is 1. The SMILES string of the molecule is CCCCCCCCc1ccc(CCC(N)(CO)CO)cc1.NCCC1=CCc2ccccc21. The Kier molecular flexibility index (Phi) is 13.2. The van der Waals surface area contributed by atoms with Gasteiger partial charge in [-0.15, -0.1) is 0 Å². The molecule has 0 fully saturated rings. The Morgan fingerprint density at radius 2 is 1.41 bits per heavy atom. The molecule has 2 aromatic rings. The smallest absolute Gasteiger partial charge is 0.0633 e. The van der Waals surface area contributed by atoms with Gasteiger partial charge in [-0.1, -0.05) is 93.6 Å². The summed E-state index contributed by atoms with van der Waals surface area (Å²) < 4.78 is 0. The first-order valence-corrected chi connectivity index (χ1v) is 13.1. The van der Waals surface area contributed by atoms with Crippen molar-refractivity contribution in [3.8, 4) is 0 Å². The molecular formula is C30H46N2O2. The summed E-state index contributed by atoms with van der Waals surface area (Å²) in [6.45, 7) is 2.64. The van der Waals surface area contributed by atoms with Crippen LogP contribution in [0.2, 0.25) is 0 Å². The zero-order chi connectivity index (χ0) is 24.7. The van der Waals surface area contributed by atoms with Crippen LogP contribution in [0.4, 0.5) is 0 Å². The second kappa shape index (κ2) is 15.8. The van der Waals surface area contributed by atoms with Crippen LogP contribution in [0.5, 0.6) is 0 Å². The minimum absolute atomic E-state index is 0.181. The van der Waals surface area contributed by atoms with Crippen LogP contribution in [0.1, 0.15) is 80.5 Å². The van der Waals surface area contributed by atoms with Crippen LogP contribution < -0.4 is 11.5 Å². The van der Waals surface area contributed by atoms with Crippen LogP contribution in [-0.2, 0) is 19.3 Å². The van der Waals surface area contributed by atoms with E-state index in [9.17, 15) is 10.2 Å². The topological polar surface area (TPSA) is 92.5 Å². The molecule has 4 heteroatoms. The van der Waals surface area contributed by atoms with E-state index >= 15 is 0 Å². The maximum Gasteiger partial charge on any atom is 0.0633 e. The predicted octanol–water partition coefficient (Wildman–Crippen LogP) is 5.18. The van der Waals surface area contributed by atoms with Gasteiger partial charge >= 0.3 is 0 Å². The molecule has 0 heterocycles. The van der Waals surface area contributed by atoms with Gasteiger partial charge < -0.3 is 21.7 Å². The molecule has 0 radical (unpaired) electrons. The number of benzene rings is 2. The fourth-order valence-electron chi connectivity index (χ4n) is 4.33. The van der Waals surface area contributed by atoms with Crippen molar-refractivity contribution in [1.29, 1.82) is 0 Å². The molecule has 0 spiro atoms. The van der Waals surface area contributed by atoms with Crippen molar-refractivity contribution in [2.45, 2.75) is 83.1 Å². The van der Waals surface area contributed by atoms with Gasteiger partial charge in [0.05, 0.1) is 18.8 Å². The third-order valence-corrected chi connectivity index (χ3v) is 6.73. The van der Waals surface area contributed by atoms with Gasteiger partial charge in [0.2, 0.25) is 0 Å². The van der Waals surface area contributed by atoms with Gasteiger partial charge in [0.15, 0.2) is 0 Å². The first kappa shape index (κ1) is 28.3. The molecule has 188 valence electrons. The van der Waals surface area contributed by atoms with Gasteiger partial charge in [0, 0.05) is 0 Å². The van der Waals surface area contributed by atoms with Crippen LogP contribution in [-0.4, -0.2) is 35.5 Å². The Balaban J connectivity index is 0.000000283. The second-order valence-corrected chi connectivity index (χ2v) is 9.64.